The van der Waals surface area contributed by atoms with Gasteiger partial charge in [0, 0.05) is 18.1 Å². The van der Waals surface area contributed by atoms with Crippen LogP contribution in [0.4, 0.5) is 0 Å². The first-order valence-electron chi connectivity index (χ1n) is 6.07. The van der Waals surface area contributed by atoms with Crippen molar-refractivity contribution in [1.82, 2.24) is 9.97 Å². The van der Waals surface area contributed by atoms with E-state index in [1.807, 2.05) is 32.0 Å². The lowest BCUT2D eigenvalue weighted by Crippen LogP contribution is -2.11. The third-order valence-electron chi connectivity index (χ3n) is 2.35. The van der Waals surface area contributed by atoms with Gasteiger partial charge in [0.1, 0.15) is 0 Å². The first kappa shape index (κ1) is 13.7. The Morgan fingerprint density at radius 3 is 3.00 bits per heavy atom. The van der Waals surface area contributed by atoms with E-state index in [4.69, 9.17) is 4.74 Å². The second kappa shape index (κ2) is 6.43. The molecule has 19 heavy (non-hydrogen) atoms. The summed E-state index contributed by atoms with van der Waals surface area (Å²) in [6.07, 6.45) is 3.41. The molecule has 2 aromatic rings. The molecule has 0 aliphatic heterocycles. The number of rotatable bonds is 5. The van der Waals surface area contributed by atoms with Crippen molar-refractivity contribution in [3.63, 3.8) is 0 Å². The molecule has 0 unspecified atom stereocenters. The zero-order chi connectivity index (χ0) is 13.7. The van der Waals surface area contributed by atoms with E-state index in [-0.39, 0.29) is 12.1 Å². The number of benzene rings is 1. The molecule has 100 valence electrons. The van der Waals surface area contributed by atoms with Crippen LogP contribution in [0.25, 0.3) is 0 Å². The summed E-state index contributed by atoms with van der Waals surface area (Å²) < 4.78 is 5.18. The maximum absolute atomic E-state index is 11.8. The van der Waals surface area contributed by atoms with E-state index in [0.29, 0.717) is 5.56 Å². The van der Waals surface area contributed by atoms with Gasteiger partial charge in [-0.15, -0.1) is 0 Å². The quantitative estimate of drug-likeness (QED) is 0.672. The fraction of sp³-hybridized carbons (Fsp3) is 0.286. The molecule has 5 heteroatoms. The zero-order valence-corrected chi connectivity index (χ0v) is 11.7. The van der Waals surface area contributed by atoms with Gasteiger partial charge in [0.15, 0.2) is 5.16 Å². The normalized spacial score (nSPS) is 10.7. The number of aromatic amines is 1. The molecule has 0 aliphatic rings. The highest BCUT2D eigenvalue weighted by atomic mass is 32.2. The molecular formula is C14H16N2O2S. The first-order chi connectivity index (χ1) is 9.15. The second-order valence-electron chi connectivity index (χ2n) is 4.34. The fourth-order valence-electron chi connectivity index (χ4n) is 1.55. The standard InChI is InChI=1S/C14H16N2O2S/c1-10(2)18-13(17)12-5-3-4-11(8-12)9-19-14-15-6-7-16-14/h3-8,10H,9H2,1-2H3,(H,15,16). The smallest absolute Gasteiger partial charge is 0.338 e. The number of hydrogen-bond acceptors (Lipinski definition) is 4. The molecule has 2 rings (SSSR count). The summed E-state index contributed by atoms with van der Waals surface area (Å²) in [5, 5.41) is 0.871. The number of thioether (sulfide) groups is 1. The summed E-state index contributed by atoms with van der Waals surface area (Å²) in [6, 6.07) is 7.49. The molecule has 0 saturated carbocycles. The molecule has 1 aromatic carbocycles. The van der Waals surface area contributed by atoms with Gasteiger partial charge in [-0.1, -0.05) is 23.9 Å². The van der Waals surface area contributed by atoms with Gasteiger partial charge in [0.25, 0.3) is 0 Å². The van der Waals surface area contributed by atoms with Crippen LogP contribution >= 0.6 is 11.8 Å². The van der Waals surface area contributed by atoms with Crippen LogP contribution in [0.15, 0.2) is 41.8 Å². The molecule has 1 aromatic heterocycles. The molecule has 1 heterocycles. The van der Waals surface area contributed by atoms with Gasteiger partial charge in [0.05, 0.1) is 11.7 Å². The molecule has 0 radical (unpaired) electrons. The summed E-state index contributed by atoms with van der Waals surface area (Å²) in [5.41, 5.74) is 1.66. The number of hydrogen-bond donors (Lipinski definition) is 1. The molecule has 0 saturated heterocycles. The third-order valence-corrected chi connectivity index (χ3v) is 3.33. The Bertz CT molecular complexity index is 538. The van der Waals surface area contributed by atoms with Gasteiger partial charge < -0.3 is 9.72 Å². The van der Waals surface area contributed by atoms with E-state index in [1.54, 1.807) is 30.2 Å². The number of nitrogens with one attached hydrogen (secondary N) is 1. The minimum Gasteiger partial charge on any atom is -0.459 e. The number of imidazole rings is 1. The Hall–Kier alpha value is -1.75. The van der Waals surface area contributed by atoms with Gasteiger partial charge in [-0.2, -0.15) is 0 Å². The highest BCUT2D eigenvalue weighted by Gasteiger charge is 2.09. The first-order valence-corrected chi connectivity index (χ1v) is 7.06. The van der Waals surface area contributed by atoms with E-state index in [9.17, 15) is 4.79 Å². The van der Waals surface area contributed by atoms with Crippen molar-refractivity contribution in [2.75, 3.05) is 0 Å². The lowest BCUT2D eigenvalue weighted by Gasteiger charge is -2.08. The Kier molecular flexibility index (Phi) is 4.63. The molecule has 0 spiro atoms. The predicted octanol–water partition coefficient (Wildman–Crippen LogP) is 3.27. The highest BCUT2D eigenvalue weighted by Crippen LogP contribution is 2.19. The van der Waals surface area contributed by atoms with Gasteiger partial charge in [0.2, 0.25) is 0 Å². The summed E-state index contributed by atoms with van der Waals surface area (Å²) >= 11 is 1.60. The lowest BCUT2D eigenvalue weighted by atomic mass is 10.1. The van der Waals surface area contributed by atoms with Gasteiger partial charge in [-0.3, -0.25) is 0 Å². The number of carbonyl (C=O) groups is 1. The minimum absolute atomic E-state index is 0.103. The van der Waals surface area contributed by atoms with Crippen LogP contribution in [0.1, 0.15) is 29.8 Å². The number of esters is 1. The minimum atomic E-state index is -0.278. The van der Waals surface area contributed by atoms with Crippen molar-refractivity contribution in [3.8, 4) is 0 Å². The van der Waals surface area contributed by atoms with Crippen LogP contribution in [0.5, 0.6) is 0 Å². The lowest BCUT2D eigenvalue weighted by molar-refractivity contribution is 0.0378. The van der Waals surface area contributed by atoms with E-state index in [1.165, 1.54) is 0 Å². The monoisotopic (exact) mass is 276 g/mol. The van der Waals surface area contributed by atoms with Crippen molar-refractivity contribution < 1.29 is 9.53 Å². The number of H-pyrrole nitrogens is 1. The van der Waals surface area contributed by atoms with Crippen molar-refractivity contribution in [1.29, 1.82) is 0 Å². The average molecular weight is 276 g/mol. The molecule has 0 bridgehead atoms. The highest BCUT2D eigenvalue weighted by molar-refractivity contribution is 7.98. The van der Waals surface area contributed by atoms with Crippen molar-refractivity contribution in [2.45, 2.75) is 30.9 Å². The van der Waals surface area contributed by atoms with Gasteiger partial charge in [-0.25, -0.2) is 9.78 Å². The predicted molar refractivity (Wildman–Crippen MR) is 75.1 cm³/mol. The van der Waals surface area contributed by atoms with Crippen LogP contribution in [0.3, 0.4) is 0 Å². The molecule has 0 atom stereocenters. The molecule has 0 aliphatic carbocycles. The Morgan fingerprint density at radius 1 is 1.47 bits per heavy atom. The number of nitrogens with zero attached hydrogens (tertiary/aromatic N) is 1. The SMILES string of the molecule is CC(C)OC(=O)c1cccc(CSc2ncc[nH]2)c1. The third kappa shape index (κ3) is 4.13. The summed E-state index contributed by atoms with van der Waals surface area (Å²) in [4.78, 5) is 19.0. The molecule has 1 N–H and O–H groups in total. The largest absolute Gasteiger partial charge is 0.459 e. The molecular weight excluding hydrogens is 260 g/mol. The van der Waals surface area contributed by atoms with Crippen LogP contribution in [0.2, 0.25) is 0 Å². The molecule has 4 nitrogen and oxygen atoms in total. The van der Waals surface area contributed by atoms with Crippen molar-refractivity contribution in [3.05, 3.63) is 47.8 Å². The second-order valence-corrected chi connectivity index (χ2v) is 5.30. The number of ether oxygens (including phenoxy) is 1. The van der Waals surface area contributed by atoms with Crippen molar-refractivity contribution >= 4 is 17.7 Å². The number of carbonyl (C=O) groups excluding carboxylic acids is 1. The van der Waals surface area contributed by atoms with Gasteiger partial charge >= 0.3 is 5.97 Å². The van der Waals surface area contributed by atoms with E-state index in [2.05, 4.69) is 9.97 Å². The fourth-order valence-corrected chi connectivity index (χ4v) is 2.32. The Morgan fingerprint density at radius 2 is 2.32 bits per heavy atom. The van der Waals surface area contributed by atoms with Crippen LogP contribution in [0, 0.1) is 0 Å². The number of aromatic nitrogens is 2. The average Bonchev–Trinajstić information content (AvgIpc) is 2.89. The van der Waals surface area contributed by atoms with Crippen LogP contribution in [-0.2, 0) is 10.5 Å². The van der Waals surface area contributed by atoms with E-state index < -0.39 is 0 Å². The van der Waals surface area contributed by atoms with Crippen LogP contribution in [-0.4, -0.2) is 22.0 Å². The van der Waals surface area contributed by atoms with Crippen LogP contribution < -0.4 is 0 Å². The molecule has 0 amide bonds. The Labute approximate surface area is 116 Å². The maximum atomic E-state index is 11.8. The van der Waals surface area contributed by atoms with E-state index >= 15 is 0 Å². The summed E-state index contributed by atoms with van der Waals surface area (Å²) in [7, 11) is 0. The van der Waals surface area contributed by atoms with E-state index in [0.717, 1.165) is 16.5 Å². The topological polar surface area (TPSA) is 55.0 Å². The van der Waals surface area contributed by atoms with Gasteiger partial charge in [-0.05, 0) is 31.5 Å². The maximum Gasteiger partial charge on any atom is 0.338 e. The summed E-state index contributed by atoms with van der Waals surface area (Å²) in [5.74, 6) is 0.482. The van der Waals surface area contributed by atoms with Crippen molar-refractivity contribution in [2.24, 2.45) is 0 Å². The molecule has 0 fully saturated rings. The zero-order valence-electron chi connectivity index (χ0n) is 10.9. The summed E-state index contributed by atoms with van der Waals surface area (Å²) in [6.45, 7) is 3.68. The Balaban J connectivity index is 2.00.